The molecular weight excluding hydrogens is 1400 g/mol. The monoisotopic (exact) mass is 1540 g/mol. The van der Waals surface area contributed by atoms with Gasteiger partial charge in [-0.2, -0.15) is 0 Å². The minimum absolute atomic E-state index is 0.00995. The second kappa shape index (κ2) is 78.5. The third kappa shape index (κ3) is 77.5. The fourth-order valence-corrected chi connectivity index (χ4v) is 11.1. The van der Waals surface area contributed by atoms with Crippen LogP contribution in [0.1, 0.15) is 259 Å². The van der Waals surface area contributed by atoms with E-state index < -0.39 is 97.5 Å². The van der Waals surface area contributed by atoms with Gasteiger partial charge in [-0.15, -0.1) is 0 Å². The van der Waals surface area contributed by atoms with E-state index in [1.165, 1.54) is 0 Å². The van der Waals surface area contributed by atoms with E-state index >= 15 is 0 Å². The Bertz CT molecular complexity index is 2910. The Morgan fingerprint density at radius 3 is 0.769 bits per heavy atom. The van der Waals surface area contributed by atoms with Gasteiger partial charge >= 0.3 is 39.5 Å². The number of allylic oxidation sites excluding steroid dienone is 36. The highest BCUT2D eigenvalue weighted by molar-refractivity contribution is 7.47. The van der Waals surface area contributed by atoms with Gasteiger partial charge < -0.3 is 33.8 Å². The molecule has 0 saturated carbocycles. The molecule has 0 saturated heterocycles. The van der Waals surface area contributed by atoms with Gasteiger partial charge in [0.15, 0.2) is 12.2 Å². The number of rotatable bonds is 72. The third-order valence-corrected chi connectivity index (χ3v) is 17.4. The van der Waals surface area contributed by atoms with Crippen molar-refractivity contribution < 1.29 is 80.2 Å². The predicted octanol–water partition coefficient (Wildman–Crippen LogP) is 23.7. The van der Waals surface area contributed by atoms with Crippen LogP contribution in [0.5, 0.6) is 0 Å². The van der Waals surface area contributed by atoms with Crippen LogP contribution in [0.2, 0.25) is 0 Å². The first-order chi connectivity index (χ1) is 52.7. The van der Waals surface area contributed by atoms with Gasteiger partial charge in [0.1, 0.15) is 19.3 Å². The summed E-state index contributed by atoms with van der Waals surface area (Å²) >= 11 is 0. The Labute approximate surface area is 651 Å². The van der Waals surface area contributed by atoms with Crippen LogP contribution in [0.3, 0.4) is 0 Å². The van der Waals surface area contributed by atoms with E-state index in [0.717, 1.165) is 167 Å². The number of hydrogen-bond acceptors (Lipinski definition) is 15. The van der Waals surface area contributed by atoms with E-state index in [9.17, 15) is 43.2 Å². The van der Waals surface area contributed by atoms with Crippen molar-refractivity contribution in [2.24, 2.45) is 0 Å². The lowest BCUT2D eigenvalue weighted by molar-refractivity contribution is -0.161. The molecule has 0 aliphatic heterocycles. The summed E-state index contributed by atoms with van der Waals surface area (Å²) in [6, 6.07) is 0. The van der Waals surface area contributed by atoms with Crippen molar-refractivity contribution >= 4 is 39.5 Å². The van der Waals surface area contributed by atoms with Gasteiger partial charge in [0.05, 0.1) is 26.4 Å². The minimum atomic E-state index is -5.03. The molecule has 0 amide bonds. The molecule has 5 atom stereocenters. The molecule has 0 aromatic rings. The highest BCUT2D eigenvalue weighted by Gasteiger charge is 2.30. The van der Waals surface area contributed by atoms with Gasteiger partial charge in [-0.1, -0.05) is 285 Å². The maximum Gasteiger partial charge on any atom is 0.472 e. The van der Waals surface area contributed by atoms with E-state index in [4.69, 9.17) is 37.0 Å². The van der Waals surface area contributed by atoms with Gasteiger partial charge in [0.2, 0.25) is 0 Å². The molecule has 606 valence electrons. The molecule has 0 aromatic heterocycles. The number of hydrogen-bond donors (Lipinski definition) is 3. The number of carbonyl (C=O) groups is 4. The first-order valence-corrected chi connectivity index (χ1v) is 43.0. The maximum atomic E-state index is 13.1. The predicted molar refractivity (Wildman–Crippen MR) is 445 cm³/mol. The number of unbranched alkanes of at least 4 members (excludes halogenated alkanes) is 10. The molecule has 0 aliphatic rings. The summed E-state index contributed by atoms with van der Waals surface area (Å²) in [5.41, 5.74) is 0. The molecule has 108 heavy (non-hydrogen) atoms. The van der Waals surface area contributed by atoms with Crippen molar-refractivity contribution in [3.63, 3.8) is 0 Å². The van der Waals surface area contributed by atoms with E-state index in [-0.39, 0.29) is 25.7 Å². The molecule has 3 N–H and O–H groups in total. The summed E-state index contributed by atoms with van der Waals surface area (Å²) < 4.78 is 68.4. The molecule has 0 fully saturated rings. The lowest BCUT2D eigenvalue weighted by atomic mass is 10.1. The molecule has 0 rings (SSSR count). The standard InChI is InChI=1S/C89H138O17P2/c1-5-9-13-17-21-25-29-33-37-39-41-43-47-50-54-58-62-66-70-74-87(92)100-80-85(106-89(94)76-72-68-64-60-56-52-48-44-42-40-38-34-30-26-22-18-14-10-6-2)82-104-108(97,98)102-78-83(90)77-101-107(95,96)103-81-84(105-88(93)75-71-67-63-59-55-51-46-36-32-28-24-20-16-12-8-4)79-99-86(91)73-69-65-61-57-53-49-45-35-31-27-23-19-15-11-7-3/h9-16,21-28,33-38,41-46,50,52,54,56,62,64,66,68,83-85,90H,5-8,17-20,29-32,39-40,47-49,51,53,55,57-61,63,65,67,69-82H2,1-4H3,(H,95,96)(H,97,98)/b13-9-,14-10-,15-11-,16-12-,25-21-,26-22-,27-23-,28-24-,37-33-,38-34-,43-41-,44-42-,45-35-,46-36-,54-50-,56-52-,66-62-,68-64-. The van der Waals surface area contributed by atoms with Gasteiger partial charge in [-0.25, -0.2) is 9.13 Å². The van der Waals surface area contributed by atoms with Crippen LogP contribution >= 0.6 is 15.6 Å². The van der Waals surface area contributed by atoms with Crippen LogP contribution in [-0.4, -0.2) is 96.7 Å². The van der Waals surface area contributed by atoms with Crippen LogP contribution in [-0.2, 0) is 65.4 Å². The molecule has 0 aromatic carbocycles. The number of aliphatic hydroxyl groups is 1. The van der Waals surface area contributed by atoms with E-state index in [0.29, 0.717) is 38.5 Å². The van der Waals surface area contributed by atoms with Gasteiger partial charge in [0, 0.05) is 25.7 Å². The zero-order valence-corrected chi connectivity index (χ0v) is 68.0. The van der Waals surface area contributed by atoms with Crippen molar-refractivity contribution in [2.45, 2.75) is 277 Å². The Morgan fingerprint density at radius 2 is 0.472 bits per heavy atom. The zero-order chi connectivity index (χ0) is 78.9. The molecule has 0 heterocycles. The summed E-state index contributed by atoms with van der Waals surface area (Å²) in [6.45, 7) is 4.17. The zero-order valence-electron chi connectivity index (χ0n) is 66.2. The molecule has 17 nitrogen and oxygen atoms in total. The lowest BCUT2D eigenvalue weighted by Crippen LogP contribution is -2.30. The molecule has 5 unspecified atom stereocenters. The van der Waals surface area contributed by atoms with Crippen LogP contribution in [0.15, 0.2) is 219 Å². The van der Waals surface area contributed by atoms with Gasteiger partial charge in [-0.3, -0.25) is 37.3 Å². The molecule has 0 aliphatic carbocycles. The first kappa shape index (κ1) is 101. The summed E-state index contributed by atoms with van der Waals surface area (Å²) in [5.74, 6) is -2.44. The topological polar surface area (TPSA) is 237 Å². The van der Waals surface area contributed by atoms with Crippen molar-refractivity contribution in [3.05, 3.63) is 219 Å². The number of phosphoric ester groups is 2. The Morgan fingerprint density at radius 1 is 0.259 bits per heavy atom. The molecule has 0 bridgehead atoms. The molecular formula is C89H138O17P2. The van der Waals surface area contributed by atoms with E-state index in [1.54, 1.807) is 0 Å². The number of aliphatic hydroxyl groups excluding tert-OH is 1. The summed E-state index contributed by atoms with van der Waals surface area (Å²) in [5, 5.41) is 10.6. The fourth-order valence-electron chi connectivity index (χ4n) is 9.53. The molecule has 0 radical (unpaired) electrons. The second-order valence-corrected chi connectivity index (χ2v) is 28.4. The number of esters is 4. The van der Waals surface area contributed by atoms with Crippen molar-refractivity contribution in [1.82, 2.24) is 0 Å². The minimum Gasteiger partial charge on any atom is -0.462 e. The molecule has 0 spiro atoms. The highest BCUT2D eigenvalue weighted by atomic mass is 31.2. The average molecular weight is 1540 g/mol. The maximum absolute atomic E-state index is 13.1. The summed E-state index contributed by atoms with van der Waals surface area (Å²) in [4.78, 5) is 73.0. The van der Waals surface area contributed by atoms with Gasteiger partial charge in [0.25, 0.3) is 0 Å². The quantitative estimate of drug-likeness (QED) is 0.0169. The van der Waals surface area contributed by atoms with Crippen molar-refractivity contribution in [1.29, 1.82) is 0 Å². The second-order valence-electron chi connectivity index (χ2n) is 25.5. The Hall–Kier alpha value is -6.62. The molecule has 19 heteroatoms. The normalized spacial score (nSPS) is 15.0. The number of phosphoric acid groups is 2. The van der Waals surface area contributed by atoms with Crippen molar-refractivity contribution in [2.75, 3.05) is 39.6 Å². The fraction of sp³-hybridized carbons (Fsp3) is 0.551. The summed E-state index contributed by atoms with van der Waals surface area (Å²) in [6.07, 6.45) is 99.5. The Balaban J connectivity index is 5.57. The summed E-state index contributed by atoms with van der Waals surface area (Å²) in [7, 11) is -10.0. The largest absolute Gasteiger partial charge is 0.472 e. The SMILES string of the molecule is CC/C=C\C/C=C\C/C=C\C/C=C\C/C=C\C/C=C\CCC(=O)OCC(COP(=O)(O)OCC(O)COP(=O)(O)OCC(COC(=O)CCCCCCC/C=C\C/C=C\C/C=C\CC)OC(=O)CCCCCCC/C=C\C/C=C\C/C=C\CC)OC(=O)CC/C=C\C/C=C\C/C=C\C/C=C\C/C=C\C/C=C\CC. The van der Waals surface area contributed by atoms with E-state index in [2.05, 4.69) is 210 Å². The smallest absolute Gasteiger partial charge is 0.462 e. The van der Waals surface area contributed by atoms with Crippen LogP contribution < -0.4 is 0 Å². The van der Waals surface area contributed by atoms with Gasteiger partial charge in [-0.05, 0) is 167 Å². The van der Waals surface area contributed by atoms with Crippen LogP contribution in [0.4, 0.5) is 0 Å². The lowest BCUT2D eigenvalue weighted by Gasteiger charge is -2.21. The highest BCUT2D eigenvalue weighted by Crippen LogP contribution is 2.45. The third-order valence-electron chi connectivity index (χ3n) is 15.5. The first-order valence-electron chi connectivity index (χ1n) is 40.0. The van der Waals surface area contributed by atoms with Crippen LogP contribution in [0, 0.1) is 0 Å². The van der Waals surface area contributed by atoms with E-state index in [1.807, 2.05) is 36.5 Å². The number of ether oxygens (including phenoxy) is 4. The van der Waals surface area contributed by atoms with Crippen molar-refractivity contribution in [3.8, 4) is 0 Å². The number of carbonyl (C=O) groups excluding carboxylic acids is 4. The van der Waals surface area contributed by atoms with Crippen LogP contribution in [0.25, 0.3) is 0 Å². The Kier molecular flexibility index (Phi) is 73.7. The average Bonchev–Trinajstić information content (AvgIpc) is 0.896.